The van der Waals surface area contributed by atoms with Crippen molar-refractivity contribution in [3.8, 4) is 17.2 Å². The van der Waals surface area contributed by atoms with Crippen LogP contribution < -0.4 is 31.7 Å². The Bertz CT molecular complexity index is 3270. The molecule has 2 aliphatic carbocycles. The lowest BCUT2D eigenvalue weighted by Gasteiger charge is -2.43. The number of amides is 7. The topological polar surface area (TPSA) is 446 Å². The number of benzene rings is 2. The Morgan fingerprint density at radius 1 is 0.677 bits per heavy atom. The van der Waals surface area contributed by atoms with Gasteiger partial charge in [-0.25, -0.2) is 0 Å². The zero-order valence-corrected chi connectivity index (χ0v) is 57.0. The van der Waals surface area contributed by atoms with Crippen LogP contribution in [-0.4, -0.2) is 237 Å². The molecule has 2 aromatic rings. The lowest BCUT2D eigenvalue weighted by atomic mass is 9.72. The molecule has 1 unspecified atom stereocenters. The van der Waals surface area contributed by atoms with E-state index in [1.165, 1.54) is 51.3 Å². The summed E-state index contributed by atoms with van der Waals surface area (Å²) in [7, 11) is 1.28. The minimum absolute atomic E-state index is 0.000360. The first-order chi connectivity index (χ1) is 47.1. The molecule has 99 heavy (non-hydrogen) atoms. The van der Waals surface area contributed by atoms with Gasteiger partial charge in [0.15, 0.2) is 17.9 Å². The highest BCUT2D eigenvalue weighted by atomic mass is 16.7. The highest BCUT2D eigenvalue weighted by molar-refractivity contribution is 6.31. The minimum atomic E-state index is -2.43. The van der Waals surface area contributed by atoms with Gasteiger partial charge in [-0.05, 0) is 38.7 Å². The lowest BCUT2D eigenvalue weighted by molar-refractivity contribution is -0.238. The van der Waals surface area contributed by atoms with E-state index in [-0.39, 0.29) is 110 Å². The summed E-state index contributed by atoms with van der Waals surface area (Å²) in [5.74, 6) is -11.2. The summed E-state index contributed by atoms with van der Waals surface area (Å²) in [6, 6.07) is -0.733. The van der Waals surface area contributed by atoms with E-state index in [1.807, 2.05) is 0 Å². The molecule has 2 aliphatic heterocycles. The molecule has 0 aromatic heterocycles. The van der Waals surface area contributed by atoms with Crippen LogP contribution in [0.15, 0.2) is 30.4 Å². The van der Waals surface area contributed by atoms with Crippen molar-refractivity contribution in [2.24, 2.45) is 23.5 Å². The predicted octanol–water partition coefficient (Wildman–Crippen LogP) is 0.579. The molecule has 1 fully saturated rings. The SMILES string of the molecule is COc1cccc2c1C(=O)c1c(O)c3c(c(O)c1C2=O)C[C@@](O)(C(=O)CO)C[C@@H]3O[C@H]1C[C@H](NC(=O)C(CC(C)C)NC(=O)[C@@H](CC(N)=O)NC(=O)[C@@H](C)NC(=O)[C@@H](C)CC(=O)CCOCCOCCOCCOCCOCCOCCCC(=O)CCN2C(=O)C=CC2=O)[C@H](C)[C@H](C)O1. The molecule has 1 saturated heterocycles. The Hall–Kier alpha value is -7.98. The summed E-state index contributed by atoms with van der Waals surface area (Å²) < 4.78 is 50.9. The number of hydrogen-bond donors (Lipinski definition) is 9. The number of nitrogens with zero attached hydrogens (tertiary/aromatic N) is 1. The van der Waals surface area contributed by atoms with E-state index in [2.05, 4.69) is 21.3 Å². The van der Waals surface area contributed by atoms with Gasteiger partial charge in [0.05, 0.1) is 115 Å². The van der Waals surface area contributed by atoms with Gasteiger partial charge in [0, 0.05) is 105 Å². The number of rotatable bonds is 44. The van der Waals surface area contributed by atoms with Crippen molar-refractivity contribution in [1.82, 2.24) is 26.2 Å². The maximum atomic E-state index is 14.4. The summed E-state index contributed by atoms with van der Waals surface area (Å²) in [5.41, 5.74) is 1.10. The van der Waals surface area contributed by atoms with E-state index >= 15 is 0 Å². The predicted molar refractivity (Wildman–Crippen MR) is 347 cm³/mol. The number of aromatic hydroxyl groups is 2. The Labute approximate surface area is 573 Å². The van der Waals surface area contributed by atoms with Crippen molar-refractivity contribution in [2.75, 3.05) is 99.5 Å². The van der Waals surface area contributed by atoms with E-state index in [1.54, 1.807) is 27.7 Å². The average molecular weight is 1400 g/mol. The van der Waals surface area contributed by atoms with Crippen molar-refractivity contribution in [1.29, 1.82) is 0 Å². The average Bonchev–Trinajstić information content (AvgIpc) is 0.933. The van der Waals surface area contributed by atoms with Gasteiger partial charge in [0.25, 0.3) is 11.8 Å². The highest BCUT2D eigenvalue weighted by Crippen LogP contribution is 2.53. The molecule has 7 amide bonds. The second-order valence-electron chi connectivity index (χ2n) is 25.3. The quantitative estimate of drug-likeness (QED) is 0.0212. The smallest absolute Gasteiger partial charge is 0.253 e. The van der Waals surface area contributed by atoms with Gasteiger partial charge in [-0.3, -0.25) is 62.4 Å². The molecule has 31 nitrogen and oxygen atoms in total. The first-order valence-corrected chi connectivity index (χ1v) is 33.2. The number of fused-ring (bicyclic) bond motifs is 3. The molecule has 10 atom stereocenters. The Morgan fingerprint density at radius 3 is 1.83 bits per heavy atom. The van der Waals surface area contributed by atoms with Crippen LogP contribution in [0.1, 0.15) is 148 Å². The highest BCUT2D eigenvalue weighted by Gasteiger charge is 2.51. The lowest BCUT2D eigenvalue weighted by Crippen LogP contribution is -2.59. The van der Waals surface area contributed by atoms with Crippen molar-refractivity contribution in [3.05, 3.63) is 63.7 Å². The molecule has 2 aromatic carbocycles. The molecule has 31 heteroatoms. The van der Waals surface area contributed by atoms with Gasteiger partial charge >= 0.3 is 0 Å². The normalized spacial score (nSPS) is 20.7. The first kappa shape index (κ1) is 80.0. The maximum Gasteiger partial charge on any atom is 0.253 e. The number of nitrogens with one attached hydrogen (secondary N) is 4. The number of phenols is 2. The number of ether oxygens (including phenoxy) is 9. The number of methoxy groups -OCH3 is 1. The molecule has 10 N–H and O–H groups in total. The number of carbonyl (C=O) groups is 12. The van der Waals surface area contributed by atoms with Crippen molar-refractivity contribution in [3.63, 3.8) is 0 Å². The zero-order chi connectivity index (χ0) is 72.7. The Morgan fingerprint density at radius 2 is 1.25 bits per heavy atom. The van der Waals surface area contributed by atoms with Crippen molar-refractivity contribution < 1.29 is 121 Å². The third kappa shape index (κ3) is 22.5. The van der Waals surface area contributed by atoms with Gasteiger partial charge in [0.1, 0.15) is 59.1 Å². The molecule has 2 heterocycles. The van der Waals surface area contributed by atoms with Crippen molar-refractivity contribution in [2.45, 2.75) is 154 Å². The Kier molecular flexibility index (Phi) is 31.2. The van der Waals surface area contributed by atoms with E-state index in [4.69, 9.17) is 48.4 Å². The summed E-state index contributed by atoms with van der Waals surface area (Å²) in [5, 5.41) is 56.1. The van der Waals surface area contributed by atoms with Crippen LogP contribution in [0.25, 0.3) is 0 Å². The van der Waals surface area contributed by atoms with Crippen LogP contribution in [0.2, 0.25) is 0 Å². The third-order valence-corrected chi connectivity index (χ3v) is 17.3. The molecule has 546 valence electrons. The summed E-state index contributed by atoms with van der Waals surface area (Å²) >= 11 is 0. The number of imide groups is 1. The van der Waals surface area contributed by atoms with E-state index < -0.39 is 167 Å². The van der Waals surface area contributed by atoms with Gasteiger partial charge in [-0.2, -0.15) is 0 Å². The third-order valence-electron chi connectivity index (χ3n) is 17.3. The molecule has 0 spiro atoms. The number of aliphatic hydroxyl groups is 2. The molecular formula is C68H94N6O25. The second-order valence-corrected chi connectivity index (χ2v) is 25.3. The van der Waals surface area contributed by atoms with Gasteiger partial charge in [0.2, 0.25) is 35.3 Å². The largest absolute Gasteiger partial charge is 0.507 e. The summed E-state index contributed by atoms with van der Waals surface area (Å²) in [6.07, 6.45) is -2.54. The fraction of sp³-hybridized carbons (Fsp3) is 0.618. The Balaban J connectivity index is 0.887. The first-order valence-electron chi connectivity index (χ1n) is 33.2. The van der Waals surface area contributed by atoms with E-state index in [0.29, 0.717) is 65.9 Å². The number of aliphatic hydroxyl groups excluding tert-OH is 1. The van der Waals surface area contributed by atoms with E-state index in [9.17, 15) is 78.0 Å². The molecule has 0 bridgehead atoms. The molecule has 0 radical (unpaired) electrons. The van der Waals surface area contributed by atoms with Crippen LogP contribution >= 0.6 is 0 Å². The molecule has 6 rings (SSSR count). The van der Waals surface area contributed by atoms with Crippen LogP contribution in [-0.2, 0) is 92.3 Å². The molecular weight excluding hydrogens is 1300 g/mol. The van der Waals surface area contributed by atoms with Gasteiger partial charge in [-0.15, -0.1) is 0 Å². The fourth-order valence-corrected chi connectivity index (χ4v) is 11.7. The van der Waals surface area contributed by atoms with Crippen LogP contribution in [0.4, 0.5) is 0 Å². The zero-order valence-electron chi connectivity index (χ0n) is 57.0. The number of primary amides is 1. The van der Waals surface area contributed by atoms with Gasteiger partial charge in [-0.1, -0.05) is 39.8 Å². The standard InChI is InChI=1S/C68H94N6O25/c1-37(2)30-47(66(88)71-46-33-55(98-41(6)39(46)4)99-50-35-68(90,51(78)36-75)34-45-57(50)63(85)59-58(61(45)83)60(82)44-11-8-12-49(91-7)56(44)62(59)84)73-67(89)48(32-52(69)79)72-65(87)40(5)70-64(86)38(3)31-43(77)16-19-93-21-23-95-25-27-97-29-28-96-26-24-94-22-20-92-18-9-10-42(76)15-17-74-53(80)13-14-54(74)81/h8,11-14,37-41,46-48,50,55,75,83,85,90H,9-10,15-36H2,1-7H3,(H2,69,79)(H,70,86)(H,71,88)(H,72,87)(H,73,89)/t38-,39+,40+,41-,46-,47?,48+,50-,55-,68-/m0/s1. The maximum absolute atomic E-state index is 14.4. The summed E-state index contributed by atoms with van der Waals surface area (Å²) in [4.78, 5) is 158. The number of ketones is 5. The number of hydrogen-bond acceptors (Lipinski definition) is 25. The second kappa shape index (κ2) is 38.6. The van der Waals surface area contributed by atoms with Crippen LogP contribution in [0, 0.1) is 17.8 Å². The number of nitrogens with two attached hydrogens (primary N) is 1. The van der Waals surface area contributed by atoms with Crippen molar-refractivity contribution >= 4 is 70.3 Å². The number of Topliss-reactive ketones (excluding diaryl/α,β-unsaturated/α-hetero) is 3. The number of phenolic OH excluding ortho intramolecular Hbond substituents is 2. The number of carbonyl (C=O) groups excluding carboxylic acids is 12. The summed E-state index contributed by atoms with van der Waals surface area (Å²) in [6.45, 7) is 12.4. The van der Waals surface area contributed by atoms with Gasteiger partial charge < -0.3 is 90.1 Å². The van der Waals surface area contributed by atoms with Crippen LogP contribution in [0.3, 0.4) is 0 Å². The van der Waals surface area contributed by atoms with Crippen LogP contribution in [0.5, 0.6) is 17.2 Å². The molecule has 4 aliphatic rings. The fourth-order valence-electron chi connectivity index (χ4n) is 11.7. The molecule has 0 saturated carbocycles. The minimum Gasteiger partial charge on any atom is -0.507 e. The van der Waals surface area contributed by atoms with E-state index in [0.717, 1.165) is 4.90 Å². The monoisotopic (exact) mass is 1390 g/mol.